The summed E-state index contributed by atoms with van der Waals surface area (Å²) in [5.41, 5.74) is -0.399. The van der Waals surface area contributed by atoms with Gasteiger partial charge in [0.1, 0.15) is 10.4 Å². The second kappa shape index (κ2) is 5.87. The molecule has 0 spiro atoms. The Morgan fingerprint density at radius 1 is 1.45 bits per heavy atom. The van der Waals surface area contributed by atoms with E-state index < -0.39 is 11.5 Å². The average Bonchev–Trinajstić information content (AvgIpc) is 3.05. The predicted molar refractivity (Wildman–Crippen MR) is 74.8 cm³/mol. The largest absolute Gasteiger partial charge is 0.479 e. The first-order valence-corrected chi connectivity index (χ1v) is 7.70. The van der Waals surface area contributed by atoms with Gasteiger partial charge in [0.25, 0.3) is 5.91 Å². The lowest BCUT2D eigenvalue weighted by Gasteiger charge is -2.34. The lowest BCUT2D eigenvalue weighted by Crippen LogP contribution is -2.53. The van der Waals surface area contributed by atoms with Gasteiger partial charge in [0.05, 0.1) is 5.69 Å². The van der Waals surface area contributed by atoms with Crippen LogP contribution < -0.4 is 0 Å². The van der Waals surface area contributed by atoms with Gasteiger partial charge in [0.15, 0.2) is 0 Å². The van der Waals surface area contributed by atoms with Gasteiger partial charge in [-0.1, -0.05) is 24.8 Å². The van der Waals surface area contributed by atoms with Crippen molar-refractivity contribution < 1.29 is 14.7 Å². The van der Waals surface area contributed by atoms with E-state index in [-0.39, 0.29) is 5.91 Å². The smallest absolute Gasteiger partial charge is 0.329 e. The minimum absolute atomic E-state index is 0.231. The molecule has 0 radical (unpaired) electrons. The zero-order valence-electron chi connectivity index (χ0n) is 11.8. The number of rotatable bonds is 5. The summed E-state index contributed by atoms with van der Waals surface area (Å²) < 4.78 is 3.82. The van der Waals surface area contributed by atoms with Crippen LogP contribution in [0.4, 0.5) is 0 Å². The van der Waals surface area contributed by atoms with Gasteiger partial charge in [-0.3, -0.25) is 4.79 Å². The van der Waals surface area contributed by atoms with Crippen LogP contribution in [0.15, 0.2) is 0 Å². The normalized spacial score (nSPS) is 22.2. The molecule has 1 saturated heterocycles. The van der Waals surface area contributed by atoms with E-state index in [4.69, 9.17) is 0 Å². The molecule has 1 fully saturated rings. The Kier molecular flexibility index (Phi) is 4.37. The van der Waals surface area contributed by atoms with E-state index in [0.29, 0.717) is 36.4 Å². The van der Waals surface area contributed by atoms with Crippen LogP contribution in [0.25, 0.3) is 0 Å². The number of nitrogens with zero attached hydrogens (tertiary/aromatic N) is 3. The number of aliphatic carboxylic acids is 1. The number of carbonyl (C=O) groups is 2. The molecule has 0 aromatic carbocycles. The number of hydrogen-bond acceptors (Lipinski definition) is 5. The molecule has 1 amide bonds. The van der Waals surface area contributed by atoms with Crippen LogP contribution in [0.3, 0.4) is 0 Å². The first kappa shape index (κ1) is 14.9. The third-order valence-electron chi connectivity index (χ3n) is 3.88. The molecule has 20 heavy (non-hydrogen) atoms. The van der Waals surface area contributed by atoms with Gasteiger partial charge in [0.2, 0.25) is 0 Å². The average molecular weight is 297 g/mol. The van der Waals surface area contributed by atoms with Crippen molar-refractivity contribution in [1.82, 2.24) is 14.5 Å². The minimum Gasteiger partial charge on any atom is -0.479 e. The highest BCUT2D eigenvalue weighted by Gasteiger charge is 2.49. The summed E-state index contributed by atoms with van der Waals surface area (Å²) in [5, 5.41) is 13.6. The van der Waals surface area contributed by atoms with E-state index in [2.05, 4.69) is 9.59 Å². The molecule has 6 nitrogen and oxygen atoms in total. The fraction of sp³-hybridized carbons (Fsp3) is 0.692. The van der Waals surface area contributed by atoms with Crippen molar-refractivity contribution in [2.45, 2.75) is 51.5 Å². The van der Waals surface area contributed by atoms with Gasteiger partial charge >= 0.3 is 5.97 Å². The Bertz CT molecular complexity index is 517. The van der Waals surface area contributed by atoms with Crippen molar-refractivity contribution in [3.63, 3.8) is 0 Å². The lowest BCUT2D eigenvalue weighted by molar-refractivity contribution is -0.148. The highest BCUT2D eigenvalue weighted by atomic mass is 32.1. The molecule has 2 rings (SSSR count). The first-order chi connectivity index (χ1) is 9.56. The number of carboxylic acids is 1. The zero-order valence-corrected chi connectivity index (χ0v) is 12.6. The third-order valence-corrected chi connectivity index (χ3v) is 4.64. The highest BCUT2D eigenvalue weighted by molar-refractivity contribution is 7.08. The van der Waals surface area contributed by atoms with Gasteiger partial charge in [-0.25, -0.2) is 4.79 Å². The summed E-state index contributed by atoms with van der Waals surface area (Å²) in [5.74, 6) is -1.13. The molecule has 1 unspecified atom stereocenters. The van der Waals surface area contributed by atoms with E-state index in [9.17, 15) is 14.7 Å². The number of carboxylic acid groups (broad SMARTS) is 1. The van der Waals surface area contributed by atoms with Crippen molar-refractivity contribution in [3.8, 4) is 0 Å². The monoisotopic (exact) mass is 297 g/mol. The van der Waals surface area contributed by atoms with Gasteiger partial charge in [0, 0.05) is 6.54 Å². The van der Waals surface area contributed by atoms with Crippen molar-refractivity contribution >= 4 is 23.4 Å². The molecule has 0 aliphatic carbocycles. The number of amides is 1. The van der Waals surface area contributed by atoms with Crippen LogP contribution in [0, 0.1) is 0 Å². The third kappa shape index (κ3) is 2.30. The molecule has 110 valence electrons. The molecule has 1 aliphatic heterocycles. The highest BCUT2D eigenvalue weighted by Crippen LogP contribution is 2.36. The summed E-state index contributed by atoms with van der Waals surface area (Å²) >= 11 is 1.05. The quantitative estimate of drug-likeness (QED) is 0.898. The van der Waals surface area contributed by atoms with Crippen LogP contribution in [0.2, 0.25) is 0 Å². The molecule has 1 aromatic heterocycles. The van der Waals surface area contributed by atoms with Crippen LogP contribution in [0.5, 0.6) is 0 Å². The molecule has 1 N–H and O–H groups in total. The molecule has 1 aliphatic rings. The first-order valence-electron chi connectivity index (χ1n) is 6.93. The van der Waals surface area contributed by atoms with Crippen LogP contribution in [0.1, 0.15) is 54.9 Å². The summed E-state index contributed by atoms with van der Waals surface area (Å²) in [4.78, 5) is 26.4. The summed E-state index contributed by atoms with van der Waals surface area (Å²) in [7, 11) is 0. The van der Waals surface area contributed by atoms with Crippen molar-refractivity contribution in [2.75, 3.05) is 6.54 Å². The van der Waals surface area contributed by atoms with Crippen molar-refractivity contribution in [2.24, 2.45) is 0 Å². The number of likely N-dealkylation sites (tertiary alicyclic amines) is 1. The molecular weight excluding hydrogens is 278 g/mol. The molecule has 0 saturated carbocycles. The number of aromatic nitrogens is 2. The fourth-order valence-electron chi connectivity index (χ4n) is 2.90. The van der Waals surface area contributed by atoms with Gasteiger partial charge in [-0.05, 0) is 37.2 Å². The van der Waals surface area contributed by atoms with Gasteiger partial charge in [-0.15, -0.1) is 5.10 Å². The van der Waals surface area contributed by atoms with Gasteiger partial charge in [-0.2, -0.15) is 0 Å². The zero-order chi connectivity index (χ0) is 14.8. The van der Waals surface area contributed by atoms with E-state index >= 15 is 0 Å². The van der Waals surface area contributed by atoms with E-state index in [1.54, 1.807) is 0 Å². The molecular formula is C13H19N3O3S. The molecule has 7 heteroatoms. The Hall–Kier alpha value is -1.50. The van der Waals surface area contributed by atoms with Crippen LogP contribution in [-0.2, 0) is 11.2 Å². The Balaban J connectivity index is 2.35. The SMILES string of the molecule is CCCC1(C(=O)O)CCCN1C(=O)c1snnc1CC. The van der Waals surface area contributed by atoms with Crippen LogP contribution >= 0.6 is 11.5 Å². The van der Waals surface area contributed by atoms with Crippen LogP contribution in [-0.4, -0.2) is 43.6 Å². The summed E-state index contributed by atoms with van der Waals surface area (Å²) in [6.07, 6.45) is 3.10. The van der Waals surface area contributed by atoms with E-state index in [1.165, 1.54) is 4.90 Å². The topological polar surface area (TPSA) is 83.4 Å². The Morgan fingerprint density at radius 2 is 2.20 bits per heavy atom. The van der Waals surface area contributed by atoms with E-state index in [1.807, 2.05) is 13.8 Å². The lowest BCUT2D eigenvalue weighted by atomic mass is 9.90. The molecule has 0 bridgehead atoms. The number of aryl methyl sites for hydroxylation is 1. The standard InChI is InChI=1S/C13H19N3O3S/c1-3-6-13(12(18)19)7-5-8-16(13)11(17)10-9(4-2)14-15-20-10/h3-8H2,1-2H3,(H,18,19). The summed E-state index contributed by atoms with van der Waals surface area (Å²) in [6.45, 7) is 4.34. The Labute approximate surface area is 122 Å². The second-order valence-electron chi connectivity index (χ2n) is 5.05. The maximum Gasteiger partial charge on any atom is 0.329 e. The number of carbonyl (C=O) groups excluding carboxylic acids is 1. The fourth-order valence-corrected chi connectivity index (χ4v) is 3.60. The minimum atomic E-state index is -1.05. The Morgan fingerprint density at radius 3 is 2.80 bits per heavy atom. The maximum absolute atomic E-state index is 12.7. The van der Waals surface area contributed by atoms with Gasteiger partial charge < -0.3 is 10.0 Å². The number of hydrogen-bond donors (Lipinski definition) is 1. The molecule has 2 heterocycles. The van der Waals surface area contributed by atoms with E-state index in [0.717, 1.165) is 24.4 Å². The molecule has 1 atom stereocenters. The van der Waals surface area contributed by atoms with Crippen molar-refractivity contribution in [1.29, 1.82) is 0 Å². The molecule has 1 aromatic rings. The van der Waals surface area contributed by atoms with Crippen molar-refractivity contribution in [3.05, 3.63) is 10.6 Å². The maximum atomic E-state index is 12.7. The summed E-state index contributed by atoms with van der Waals surface area (Å²) in [6, 6.07) is 0. The predicted octanol–water partition coefficient (Wildman–Crippen LogP) is 1.96. The second-order valence-corrected chi connectivity index (χ2v) is 5.80.